The summed E-state index contributed by atoms with van der Waals surface area (Å²) >= 11 is 15.6. The molecule has 1 aliphatic rings. The maximum Gasteiger partial charge on any atom is 0.262 e. The Morgan fingerprint density at radius 3 is 2.34 bits per heavy atom. The Morgan fingerprint density at radius 1 is 0.909 bits per heavy atom. The first-order valence-electron chi connectivity index (χ1n) is 13.7. The van der Waals surface area contributed by atoms with Crippen LogP contribution in [0, 0.1) is 0 Å². The van der Waals surface area contributed by atoms with Gasteiger partial charge in [-0.1, -0.05) is 87.7 Å². The van der Waals surface area contributed by atoms with Gasteiger partial charge >= 0.3 is 0 Å². The van der Waals surface area contributed by atoms with E-state index in [-0.39, 0.29) is 28.9 Å². The van der Waals surface area contributed by atoms with E-state index >= 15 is 0 Å². The predicted molar refractivity (Wildman–Crippen MR) is 175 cm³/mol. The SMILES string of the molecule is O=C(NCCc1ccccc1)C1CN(C(=O)CN(Cc2ccc(Cl)c(Cl)c2)S(=O)(=O)c2ccc(Br)cc2)c2ccccc2O1. The molecule has 44 heavy (non-hydrogen) atoms. The van der Waals surface area contributed by atoms with Crippen molar-refractivity contribution in [3.63, 3.8) is 0 Å². The fourth-order valence-corrected chi connectivity index (χ4v) is 6.72. The van der Waals surface area contributed by atoms with Gasteiger partial charge in [-0.15, -0.1) is 0 Å². The van der Waals surface area contributed by atoms with E-state index in [0.29, 0.717) is 39.5 Å². The Kier molecular flexibility index (Phi) is 10.3. The number of anilines is 1. The molecule has 0 fully saturated rings. The molecule has 2 amide bonds. The molecule has 12 heteroatoms. The van der Waals surface area contributed by atoms with Crippen molar-refractivity contribution in [2.24, 2.45) is 0 Å². The van der Waals surface area contributed by atoms with Crippen molar-refractivity contribution in [3.8, 4) is 5.75 Å². The van der Waals surface area contributed by atoms with Gasteiger partial charge < -0.3 is 15.0 Å². The van der Waals surface area contributed by atoms with Gasteiger partial charge in [0, 0.05) is 17.6 Å². The van der Waals surface area contributed by atoms with E-state index in [2.05, 4.69) is 21.2 Å². The number of benzene rings is 4. The molecular weight excluding hydrogens is 689 g/mol. The first-order chi connectivity index (χ1) is 21.1. The Bertz CT molecular complexity index is 1760. The van der Waals surface area contributed by atoms with Crippen molar-refractivity contribution in [1.82, 2.24) is 9.62 Å². The fraction of sp³-hybridized carbons (Fsp3) is 0.188. The van der Waals surface area contributed by atoms with E-state index < -0.39 is 28.6 Å². The monoisotopic (exact) mass is 715 g/mol. The molecule has 228 valence electrons. The van der Waals surface area contributed by atoms with E-state index in [4.69, 9.17) is 27.9 Å². The molecule has 0 radical (unpaired) electrons. The van der Waals surface area contributed by atoms with Crippen LogP contribution in [0.2, 0.25) is 10.0 Å². The number of carbonyl (C=O) groups is 2. The molecule has 4 aromatic rings. The second-order valence-corrected chi connectivity index (χ2v) is 13.7. The molecule has 1 heterocycles. The molecule has 0 saturated carbocycles. The number of halogens is 3. The van der Waals surface area contributed by atoms with Crippen molar-refractivity contribution < 1.29 is 22.7 Å². The van der Waals surface area contributed by atoms with Gasteiger partial charge in [-0.05, 0) is 66.1 Å². The second-order valence-electron chi connectivity index (χ2n) is 10.1. The normalized spacial score (nSPS) is 14.5. The van der Waals surface area contributed by atoms with Gasteiger partial charge in [0.1, 0.15) is 5.75 Å². The minimum atomic E-state index is -4.14. The smallest absolute Gasteiger partial charge is 0.262 e. The number of nitrogens with one attached hydrogen (secondary N) is 1. The lowest BCUT2D eigenvalue weighted by molar-refractivity contribution is -0.128. The molecule has 8 nitrogen and oxygen atoms in total. The highest BCUT2D eigenvalue weighted by Gasteiger charge is 2.36. The van der Waals surface area contributed by atoms with Crippen molar-refractivity contribution >= 4 is 66.7 Å². The second kappa shape index (κ2) is 14.1. The van der Waals surface area contributed by atoms with Crippen molar-refractivity contribution in [1.29, 1.82) is 0 Å². The number of carbonyl (C=O) groups excluding carboxylic acids is 2. The van der Waals surface area contributed by atoms with Crippen LogP contribution in [-0.2, 0) is 32.6 Å². The zero-order valence-electron chi connectivity index (χ0n) is 23.3. The average Bonchev–Trinajstić information content (AvgIpc) is 3.02. The lowest BCUT2D eigenvalue weighted by Crippen LogP contribution is -2.53. The zero-order chi connectivity index (χ0) is 31.3. The molecule has 4 aromatic carbocycles. The zero-order valence-corrected chi connectivity index (χ0v) is 27.2. The van der Waals surface area contributed by atoms with Gasteiger partial charge in [-0.3, -0.25) is 9.59 Å². The van der Waals surface area contributed by atoms with Crippen molar-refractivity contribution in [2.45, 2.75) is 24.0 Å². The number of sulfonamides is 1. The fourth-order valence-electron chi connectivity index (χ4n) is 4.75. The molecule has 5 rings (SSSR count). The van der Waals surface area contributed by atoms with Gasteiger partial charge in [-0.25, -0.2) is 8.42 Å². The highest BCUT2D eigenvalue weighted by atomic mass is 79.9. The van der Waals surface area contributed by atoms with Crippen LogP contribution >= 0.6 is 39.1 Å². The Balaban J connectivity index is 1.38. The summed E-state index contributed by atoms with van der Waals surface area (Å²) in [5.74, 6) is -0.547. The largest absolute Gasteiger partial charge is 0.477 e. The van der Waals surface area contributed by atoms with Gasteiger partial charge in [0.15, 0.2) is 6.10 Å². The summed E-state index contributed by atoms with van der Waals surface area (Å²) in [6.07, 6.45) is -0.355. The summed E-state index contributed by atoms with van der Waals surface area (Å²) in [7, 11) is -4.14. The number of nitrogens with zero attached hydrogens (tertiary/aromatic N) is 2. The van der Waals surface area contributed by atoms with E-state index in [0.717, 1.165) is 9.87 Å². The third-order valence-corrected chi connectivity index (χ3v) is 10.1. The van der Waals surface area contributed by atoms with E-state index in [1.54, 1.807) is 54.6 Å². The molecule has 0 saturated heterocycles. The van der Waals surface area contributed by atoms with E-state index in [9.17, 15) is 18.0 Å². The van der Waals surface area contributed by atoms with E-state index in [1.165, 1.54) is 17.0 Å². The van der Waals surface area contributed by atoms with Crippen LogP contribution in [0.25, 0.3) is 0 Å². The number of hydrogen-bond donors (Lipinski definition) is 1. The lowest BCUT2D eigenvalue weighted by Gasteiger charge is -2.35. The highest BCUT2D eigenvalue weighted by molar-refractivity contribution is 9.10. The van der Waals surface area contributed by atoms with Crippen LogP contribution in [0.4, 0.5) is 5.69 Å². The molecule has 0 spiro atoms. The number of para-hydroxylation sites is 2. The molecule has 1 N–H and O–H groups in total. The minimum absolute atomic E-state index is 0.0200. The summed E-state index contributed by atoms with van der Waals surface area (Å²) in [4.78, 5) is 28.5. The summed E-state index contributed by atoms with van der Waals surface area (Å²) in [6.45, 7) is -0.348. The Morgan fingerprint density at radius 2 is 1.61 bits per heavy atom. The minimum Gasteiger partial charge on any atom is -0.477 e. The highest BCUT2D eigenvalue weighted by Crippen LogP contribution is 2.34. The van der Waals surface area contributed by atoms with E-state index in [1.807, 2.05) is 30.3 Å². The van der Waals surface area contributed by atoms with Gasteiger partial charge in [0.2, 0.25) is 15.9 Å². The topological polar surface area (TPSA) is 96.0 Å². The van der Waals surface area contributed by atoms with Gasteiger partial charge in [0.25, 0.3) is 5.91 Å². The summed E-state index contributed by atoms with van der Waals surface area (Å²) in [6, 6.07) is 27.6. The quantitative estimate of drug-likeness (QED) is 0.214. The lowest BCUT2D eigenvalue weighted by atomic mass is 10.1. The van der Waals surface area contributed by atoms with Crippen LogP contribution in [-0.4, -0.2) is 50.3 Å². The molecular formula is C32H28BrCl2N3O5S. The first kappa shape index (κ1) is 32.0. The van der Waals surface area contributed by atoms with Crippen molar-refractivity contribution in [2.75, 3.05) is 24.5 Å². The first-order valence-corrected chi connectivity index (χ1v) is 16.7. The number of fused-ring (bicyclic) bond motifs is 1. The maximum atomic E-state index is 14.0. The Labute approximate surface area is 274 Å². The molecule has 0 aliphatic carbocycles. The predicted octanol–water partition coefficient (Wildman–Crippen LogP) is 6.10. The Hall–Kier alpha value is -3.41. The standard InChI is InChI=1S/C32H28BrCl2N3O5S/c33-24-11-13-25(14-12-24)44(41,42)37(19-23-10-15-26(34)27(35)18-23)21-31(39)38-20-30(43-29-9-5-4-8-28(29)38)32(40)36-17-16-22-6-2-1-3-7-22/h1-15,18,30H,16-17,19-21H2,(H,36,40). The number of hydrogen-bond acceptors (Lipinski definition) is 5. The molecule has 1 aliphatic heterocycles. The molecule has 1 unspecified atom stereocenters. The number of ether oxygens (including phenoxy) is 1. The van der Waals surface area contributed by atoms with Gasteiger partial charge in [-0.2, -0.15) is 4.31 Å². The molecule has 0 bridgehead atoms. The third kappa shape index (κ3) is 7.62. The van der Waals surface area contributed by atoms with Crippen LogP contribution in [0.1, 0.15) is 11.1 Å². The summed E-state index contributed by atoms with van der Waals surface area (Å²) in [5, 5.41) is 3.48. The van der Waals surface area contributed by atoms with Crippen LogP contribution in [0.3, 0.4) is 0 Å². The van der Waals surface area contributed by atoms with Crippen LogP contribution in [0.15, 0.2) is 106 Å². The third-order valence-electron chi connectivity index (χ3n) is 7.03. The van der Waals surface area contributed by atoms with Crippen molar-refractivity contribution in [3.05, 3.63) is 123 Å². The number of amides is 2. The van der Waals surface area contributed by atoms with Crippen LogP contribution in [0.5, 0.6) is 5.75 Å². The average molecular weight is 717 g/mol. The molecule has 0 aromatic heterocycles. The summed E-state index contributed by atoms with van der Waals surface area (Å²) in [5.41, 5.74) is 2.07. The number of rotatable bonds is 10. The van der Waals surface area contributed by atoms with Gasteiger partial charge in [0.05, 0.1) is 33.7 Å². The maximum absolute atomic E-state index is 14.0. The molecule has 1 atom stereocenters. The van der Waals surface area contributed by atoms with Crippen LogP contribution < -0.4 is 15.0 Å². The summed E-state index contributed by atoms with van der Waals surface area (Å²) < 4.78 is 35.5.